The van der Waals surface area contributed by atoms with Gasteiger partial charge in [-0.2, -0.15) is 0 Å². The fourth-order valence-corrected chi connectivity index (χ4v) is 2.33. The highest BCUT2D eigenvalue weighted by Gasteiger charge is 2.05. The molecular formula is C18H13N5. The molecule has 1 N–H and O–H groups in total. The van der Waals surface area contributed by atoms with Crippen molar-refractivity contribution in [1.29, 1.82) is 0 Å². The standard InChI is InChI=1S/C18H13N5/c1-3-14(11-19-7-1)18-22-16-6-5-13(9-17(16)23-18)10-21-15-4-2-8-20-12-15/h1-12H,(H,22,23). The first-order chi connectivity index (χ1) is 11.4. The van der Waals surface area contributed by atoms with Crippen LogP contribution in [0.5, 0.6) is 0 Å². The van der Waals surface area contributed by atoms with Crippen molar-refractivity contribution in [3.63, 3.8) is 0 Å². The predicted octanol–water partition coefficient (Wildman–Crippen LogP) is 3.77. The van der Waals surface area contributed by atoms with Gasteiger partial charge >= 0.3 is 0 Å². The van der Waals surface area contributed by atoms with Gasteiger partial charge in [0.1, 0.15) is 5.82 Å². The Morgan fingerprint density at radius 1 is 0.957 bits per heavy atom. The Balaban J connectivity index is 1.67. The third kappa shape index (κ3) is 2.85. The summed E-state index contributed by atoms with van der Waals surface area (Å²) < 4.78 is 0. The van der Waals surface area contributed by atoms with E-state index >= 15 is 0 Å². The van der Waals surface area contributed by atoms with Crippen molar-refractivity contribution < 1.29 is 0 Å². The van der Waals surface area contributed by atoms with Gasteiger partial charge in [0.2, 0.25) is 0 Å². The van der Waals surface area contributed by atoms with Crippen LogP contribution in [0.4, 0.5) is 5.69 Å². The van der Waals surface area contributed by atoms with Gasteiger partial charge in [0.05, 0.1) is 22.9 Å². The third-order valence-corrected chi connectivity index (χ3v) is 3.45. The monoisotopic (exact) mass is 299 g/mol. The maximum atomic E-state index is 4.59. The van der Waals surface area contributed by atoms with E-state index in [1.165, 1.54) is 0 Å². The summed E-state index contributed by atoms with van der Waals surface area (Å²) in [5.41, 5.74) is 4.69. The molecule has 0 saturated carbocycles. The predicted molar refractivity (Wildman–Crippen MR) is 90.8 cm³/mol. The number of hydrogen-bond acceptors (Lipinski definition) is 4. The van der Waals surface area contributed by atoms with Gasteiger partial charge in [-0.25, -0.2) is 4.98 Å². The molecule has 0 spiro atoms. The molecule has 4 rings (SSSR count). The summed E-state index contributed by atoms with van der Waals surface area (Å²) in [4.78, 5) is 20.5. The molecule has 0 saturated heterocycles. The fraction of sp³-hybridized carbons (Fsp3) is 0. The topological polar surface area (TPSA) is 66.8 Å². The zero-order valence-corrected chi connectivity index (χ0v) is 12.2. The van der Waals surface area contributed by atoms with Crippen LogP contribution in [-0.4, -0.2) is 26.2 Å². The Hall–Kier alpha value is -3.34. The first-order valence-electron chi connectivity index (χ1n) is 7.23. The number of rotatable bonds is 3. The summed E-state index contributed by atoms with van der Waals surface area (Å²) in [5.74, 6) is 0.814. The zero-order chi connectivity index (χ0) is 15.5. The maximum absolute atomic E-state index is 4.59. The third-order valence-electron chi connectivity index (χ3n) is 3.45. The summed E-state index contributed by atoms with van der Waals surface area (Å²) in [7, 11) is 0. The number of aromatic nitrogens is 4. The van der Waals surface area contributed by atoms with E-state index in [0.717, 1.165) is 33.7 Å². The largest absolute Gasteiger partial charge is 0.338 e. The van der Waals surface area contributed by atoms with Crippen LogP contribution in [0.1, 0.15) is 5.56 Å². The van der Waals surface area contributed by atoms with Crippen LogP contribution in [0.3, 0.4) is 0 Å². The quantitative estimate of drug-likeness (QED) is 0.585. The van der Waals surface area contributed by atoms with Crippen molar-refractivity contribution in [3.05, 3.63) is 72.8 Å². The highest BCUT2D eigenvalue weighted by Crippen LogP contribution is 2.20. The van der Waals surface area contributed by atoms with Crippen molar-refractivity contribution in [1.82, 2.24) is 19.9 Å². The molecule has 0 amide bonds. The molecule has 0 unspecified atom stereocenters. The second-order valence-corrected chi connectivity index (χ2v) is 5.07. The molecule has 5 nitrogen and oxygen atoms in total. The van der Waals surface area contributed by atoms with Crippen LogP contribution in [0.15, 0.2) is 72.2 Å². The number of aliphatic imine (C=N–C) groups is 1. The zero-order valence-electron chi connectivity index (χ0n) is 12.2. The van der Waals surface area contributed by atoms with Crippen molar-refractivity contribution >= 4 is 22.9 Å². The number of nitrogens with zero attached hydrogens (tertiary/aromatic N) is 4. The molecule has 1 aromatic carbocycles. The van der Waals surface area contributed by atoms with Crippen molar-refractivity contribution in [3.8, 4) is 11.4 Å². The van der Waals surface area contributed by atoms with Crippen molar-refractivity contribution in [2.24, 2.45) is 4.99 Å². The smallest absolute Gasteiger partial charge is 0.140 e. The minimum atomic E-state index is 0.814. The molecule has 5 heteroatoms. The number of fused-ring (bicyclic) bond motifs is 1. The molecule has 110 valence electrons. The van der Waals surface area contributed by atoms with E-state index in [1.54, 1.807) is 24.8 Å². The average molecular weight is 299 g/mol. The lowest BCUT2D eigenvalue weighted by Gasteiger charge is -1.94. The van der Waals surface area contributed by atoms with Crippen LogP contribution >= 0.6 is 0 Å². The summed E-state index contributed by atoms with van der Waals surface area (Å²) in [6.07, 6.45) is 8.82. The van der Waals surface area contributed by atoms with Crippen LogP contribution in [0.25, 0.3) is 22.4 Å². The van der Waals surface area contributed by atoms with E-state index in [-0.39, 0.29) is 0 Å². The van der Waals surface area contributed by atoms with Gasteiger partial charge in [-0.15, -0.1) is 0 Å². The molecule has 0 bridgehead atoms. The summed E-state index contributed by atoms with van der Waals surface area (Å²) in [6, 6.07) is 13.7. The molecular weight excluding hydrogens is 286 g/mol. The molecule has 3 heterocycles. The first-order valence-corrected chi connectivity index (χ1v) is 7.23. The van der Waals surface area contributed by atoms with Crippen LogP contribution in [0, 0.1) is 0 Å². The molecule has 0 aliphatic heterocycles. The van der Waals surface area contributed by atoms with E-state index in [9.17, 15) is 0 Å². The minimum absolute atomic E-state index is 0.814. The summed E-state index contributed by atoms with van der Waals surface area (Å²) >= 11 is 0. The van der Waals surface area contributed by atoms with E-state index in [4.69, 9.17) is 0 Å². The lowest BCUT2D eigenvalue weighted by atomic mass is 10.2. The highest BCUT2D eigenvalue weighted by molar-refractivity contribution is 5.89. The van der Waals surface area contributed by atoms with Gasteiger partial charge in [0.15, 0.2) is 0 Å². The van der Waals surface area contributed by atoms with Gasteiger partial charge in [-0.05, 0) is 42.0 Å². The Bertz CT molecular complexity index is 959. The number of nitrogens with one attached hydrogen (secondary N) is 1. The van der Waals surface area contributed by atoms with Gasteiger partial charge in [0, 0.05) is 30.4 Å². The number of imidazole rings is 1. The second kappa shape index (κ2) is 5.81. The number of benzene rings is 1. The Morgan fingerprint density at radius 2 is 1.83 bits per heavy atom. The lowest BCUT2D eigenvalue weighted by Crippen LogP contribution is -1.81. The molecule has 3 aromatic heterocycles. The SMILES string of the molecule is C(=Nc1cccnc1)c1ccc2nc(-c3cccnc3)[nH]c2c1. The van der Waals surface area contributed by atoms with Crippen LogP contribution in [-0.2, 0) is 0 Å². The Morgan fingerprint density at radius 3 is 2.61 bits per heavy atom. The van der Waals surface area contributed by atoms with Crippen LogP contribution < -0.4 is 0 Å². The van der Waals surface area contributed by atoms with Gasteiger partial charge < -0.3 is 4.98 Å². The summed E-state index contributed by atoms with van der Waals surface area (Å²) in [6.45, 7) is 0. The molecule has 4 aromatic rings. The lowest BCUT2D eigenvalue weighted by molar-refractivity contribution is 1.27. The number of pyridine rings is 2. The van der Waals surface area contributed by atoms with E-state index in [0.29, 0.717) is 0 Å². The summed E-state index contributed by atoms with van der Waals surface area (Å²) in [5, 5.41) is 0. The highest BCUT2D eigenvalue weighted by atomic mass is 14.9. The first kappa shape index (κ1) is 13.3. The van der Waals surface area contributed by atoms with Gasteiger partial charge in [-0.1, -0.05) is 6.07 Å². The van der Waals surface area contributed by atoms with Crippen molar-refractivity contribution in [2.45, 2.75) is 0 Å². The molecule has 0 aliphatic carbocycles. The van der Waals surface area contributed by atoms with Gasteiger partial charge in [-0.3, -0.25) is 15.0 Å². The Labute approximate surface area is 132 Å². The van der Waals surface area contributed by atoms with Crippen LogP contribution in [0.2, 0.25) is 0 Å². The molecule has 0 atom stereocenters. The normalized spacial score (nSPS) is 11.3. The second-order valence-electron chi connectivity index (χ2n) is 5.07. The van der Waals surface area contributed by atoms with E-state index < -0.39 is 0 Å². The molecule has 0 aliphatic rings. The minimum Gasteiger partial charge on any atom is -0.338 e. The Kier molecular flexibility index (Phi) is 3.37. The average Bonchev–Trinajstić information content (AvgIpc) is 3.05. The molecule has 0 fully saturated rings. The fourth-order valence-electron chi connectivity index (χ4n) is 2.33. The van der Waals surface area contributed by atoms with Crippen molar-refractivity contribution in [2.75, 3.05) is 0 Å². The number of H-pyrrole nitrogens is 1. The van der Waals surface area contributed by atoms with Gasteiger partial charge in [0.25, 0.3) is 0 Å². The maximum Gasteiger partial charge on any atom is 0.140 e. The van der Waals surface area contributed by atoms with E-state index in [1.807, 2.05) is 48.7 Å². The molecule has 0 radical (unpaired) electrons. The number of aromatic amines is 1. The molecule has 23 heavy (non-hydrogen) atoms. The number of hydrogen-bond donors (Lipinski definition) is 1. The van der Waals surface area contributed by atoms with E-state index in [2.05, 4.69) is 24.9 Å².